The Morgan fingerprint density at radius 1 is 0.789 bits per heavy atom. The molecule has 3 aliphatic heterocycles. The fraction of sp³-hybridized carbons (Fsp3) is 0.306. The van der Waals surface area contributed by atoms with Crippen molar-refractivity contribution < 1.29 is 43.0 Å². The summed E-state index contributed by atoms with van der Waals surface area (Å²) < 4.78 is 12.0. The van der Waals surface area contributed by atoms with Gasteiger partial charge in [0.05, 0.1) is 31.4 Å². The van der Waals surface area contributed by atoms with Gasteiger partial charge in [-0.3, -0.25) is 34.6 Å². The average molecular weight is 1120 g/mol. The van der Waals surface area contributed by atoms with E-state index in [0.29, 0.717) is 47.8 Å². The highest BCUT2D eigenvalue weighted by molar-refractivity contribution is 9.11. The minimum absolute atomic E-state index is 0. The number of nitrogens with one attached hydrogen (secondary N) is 2. The van der Waals surface area contributed by atoms with Crippen LogP contribution in [0.3, 0.4) is 0 Å². The van der Waals surface area contributed by atoms with Gasteiger partial charge in [0.15, 0.2) is 0 Å². The molecule has 0 aliphatic carbocycles. The summed E-state index contributed by atoms with van der Waals surface area (Å²) in [6.45, 7) is 2.28. The third-order valence-electron chi connectivity index (χ3n) is 8.14. The predicted octanol–water partition coefficient (Wildman–Crippen LogP) is 6.16. The highest BCUT2D eigenvalue weighted by atomic mass is 79.9. The third kappa shape index (κ3) is 15.5. The monoisotopic (exact) mass is 1120 g/mol. The van der Waals surface area contributed by atoms with Crippen molar-refractivity contribution >= 4 is 153 Å². The normalized spacial score (nSPS) is 16.2. The topological polar surface area (TPSA) is 191 Å². The number of alkyl halides is 1. The Balaban J connectivity index is 0.000000739. The first-order valence-corrected chi connectivity index (χ1v) is 20.9. The number of ether oxygens (including phenoxy) is 2. The smallest absolute Gasteiger partial charge is 0.338 e. The van der Waals surface area contributed by atoms with Crippen LogP contribution < -0.4 is 16.4 Å². The predicted molar refractivity (Wildman–Crippen MR) is 241 cm³/mol. The van der Waals surface area contributed by atoms with Crippen LogP contribution in [0.25, 0.3) is 0 Å². The zero-order chi connectivity index (χ0) is 41.4. The maximum Gasteiger partial charge on any atom is 0.338 e. The van der Waals surface area contributed by atoms with Crippen molar-refractivity contribution in [1.82, 2.24) is 15.5 Å². The lowest BCUT2D eigenvalue weighted by Crippen LogP contribution is -2.52. The first kappa shape index (κ1) is 54.3. The van der Waals surface area contributed by atoms with Crippen LogP contribution in [0.2, 0.25) is 0 Å². The van der Waals surface area contributed by atoms with Crippen LogP contribution in [0.15, 0.2) is 68.0 Å². The Hall–Kier alpha value is -2.69. The SMILES string of the molecule is COC(=O)c1cccc(Br)c1C.COC(=O)c1cccc(Br)c1CBr.Cl.NC1CCC(=O)NC1=O.O=C1CCC(N2Cc3c(Br)cccc3C2=O)C(=O)N1.S.S=S. The number of hydrogen-bond acceptors (Lipinski definition) is 12. The van der Waals surface area contributed by atoms with E-state index in [1.807, 2.05) is 37.3 Å². The largest absolute Gasteiger partial charge is 0.465 e. The Morgan fingerprint density at radius 3 is 1.79 bits per heavy atom. The van der Waals surface area contributed by atoms with Crippen molar-refractivity contribution in [2.45, 2.75) is 56.6 Å². The van der Waals surface area contributed by atoms with Crippen LogP contribution in [0.1, 0.15) is 73.4 Å². The van der Waals surface area contributed by atoms with Crippen LogP contribution in [0, 0.1) is 6.92 Å². The van der Waals surface area contributed by atoms with E-state index in [9.17, 15) is 33.6 Å². The van der Waals surface area contributed by atoms with E-state index in [0.717, 1.165) is 30.1 Å². The number of esters is 2. The second-order valence-electron chi connectivity index (χ2n) is 11.5. The molecule has 0 aromatic heterocycles. The molecule has 0 saturated carbocycles. The standard InChI is InChI=1S/C13H11BrN2O3.C9H8Br2O2.C9H9BrO2.C5H8N2O2.ClH.S2.H2S/c14-9-3-1-2-7-8(9)6-16(13(7)19)10-4-5-11(17)15-12(10)18;1-13-9(12)6-3-2-4-8(11)7(6)5-10;1-6-7(9(11)12-2)4-3-5-8(6)10;6-3-1-2-4(8)7-5(3)9;;1-2;/h1-3,10H,4-6H2,(H,15,17,18);2-4H,5H2,1H3;3-5H,1-2H3;3H,1-2,6H2,(H,7,8,9);1H;;1H2. The van der Waals surface area contributed by atoms with Crippen molar-refractivity contribution in [3.05, 3.63) is 101 Å². The molecule has 2 unspecified atom stereocenters. The van der Waals surface area contributed by atoms with Gasteiger partial charge < -0.3 is 20.1 Å². The van der Waals surface area contributed by atoms with Crippen molar-refractivity contribution in [2.24, 2.45) is 5.73 Å². The van der Waals surface area contributed by atoms with E-state index >= 15 is 0 Å². The Bertz CT molecular complexity index is 1950. The molecule has 4 N–H and O–H groups in total. The van der Waals surface area contributed by atoms with Crippen molar-refractivity contribution in [2.75, 3.05) is 14.2 Å². The number of benzene rings is 3. The summed E-state index contributed by atoms with van der Waals surface area (Å²) in [6.07, 6.45) is 1.51. The van der Waals surface area contributed by atoms with E-state index in [2.05, 4.69) is 106 Å². The average Bonchev–Trinajstić information content (AvgIpc) is 3.51. The minimum atomic E-state index is -0.551. The second-order valence-corrected chi connectivity index (χ2v) is 14.6. The maximum atomic E-state index is 12.3. The number of hydrogen-bond donors (Lipinski definition) is 3. The number of imide groups is 2. The van der Waals surface area contributed by atoms with Gasteiger partial charge in [0.2, 0.25) is 23.6 Å². The number of nitrogens with zero attached hydrogens (tertiary/aromatic N) is 1. The van der Waals surface area contributed by atoms with Gasteiger partial charge in [-0.2, -0.15) is 13.5 Å². The van der Waals surface area contributed by atoms with E-state index in [1.54, 1.807) is 24.3 Å². The molecule has 6 rings (SSSR count). The van der Waals surface area contributed by atoms with E-state index in [1.165, 1.54) is 19.1 Å². The fourth-order valence-corrected chi connectivity index (χ4v) is 7.54. The van der Waals surface area contributed by atoms with Gasteiger partial charge in [0, 0.05) is 66.1 Å². The number of carbonyl (C=O) groups is 7. The number of piperidine rings is 2. The molecule has 13 nitrogen and oxygen atoms in total. The molecule has 2 fully saturated rings. The lowest BCUT2D eigenvalue weighted by Gasteiger charge is -2.29. The van der Waals surface area contributed by atoms with Gasteiger partial charge in [-0.1, -0.05) is 81.9 Å². The number of carbonyl (C=O) groups excluding carboxylic acids is 7. The van der Waals surface area contributed by atoms with Gasteiger partial charge >= 0.3 is 11.9 Å². The van der Waals surface area contributed by atoms with Crippen LogP contribution in [0.4, 0.5) is 0 Å². The number of nitrogens with two attached hydrogens (primary N) is 1. The zero-order valence-corrected chi connectivity index (χ0v) is 40.3. The Kier molecular flexibility index (Phi) is 25.9. The van der Waals surface area contributed by atoms with E-state index in [-0.39, 0.29) is 73.8 Å². The number of fused-ring (bicyclic) bond motifs is 1. The number of amides is 5. The number of rotatable bonds is 4. The van der Waals surface area contributed by atoms with Crippen LogP contribution in [0.5, 0.6) is 0 Å². The minimum Gasteiger partial charge on any atom is -0.465 e. The second kappa shape index (κ2) is 27.1. The van der Waals surface area contributed by atoms with Crippen molar-refractivity contribution in [3.63, 3.8) is 0 Å². The van der Waals surface area contributed by atoms with E-state index < -0.39 is 12.1 Å². The quantitative estimate of drug-likeness (QED) is 0.153. The Labute approximate surface area is 386 Å². The van der Waals surface area contributed by atoms with Gasteiger partial charge in [0.1, 0.15) is 6.04 Å². The van der Waals surface area contributed by atoms with Crippen LogP contribution in [-0.4, -0.2) is 72.7 Å². The summed E-state index contributed by atoms with van der Waals surface area (Å²) in [6, 6.07) is 15.3. The highest BCUT2D eigenvalue weighted by Crippen LogP contribution is 2.32. The lowest BCUT2D eigenvalue weighted by molar-refractivity contribution is -0.137. The first-order valence-electron chi connectivity index (χ1n) is 16.1. The Morgan fingerprint density at radius 2 is 1.28 bits per heavy atom. The van der Waals surface area contributed by atoms with Gasteiger partial charge in [0.25, 0.3) is 5.91 Å². The molecule has 5 amide bonds. The summed E-state index contributed by atoms with van der Waals surface area (Å²) in [7, 11) is 2.75. The molecule has 0 bridgehead atoms. The molecule has 21 heteroatoms. The number of halogens is 5. The molecule has 3 heterocycles. The molecule has 57 heavy (non-hydrogen) atoms. The summed E-state index contributed by atoms with van der Waals surface area (Å²) >= 11 is 20.8. The molecule has 0 spiro atoms. The van der Waals surface area contributed by atoms with Gasteiger partial charge in [-0.25, -0.2) is 9.59 Å². The molecular weight excluding hydrogens is 1080 g/mol. The van der Waals surface area contributed by atoms with Crippen LogP contribution in [-0.2, 0) is 62.9 Å². The van der Waals surface area contributed by atoms with Gasteiger partial charge in [-0.05, 0) is 72.9 Å². The molecule has 310 valence electrons. The molecule has 3 aliphatic rings. The third-order valence-corrected chi connectivity index (χ3v) is 11.0. The molecule has 0 radical (unpaired) electrons. The van der Waals surface area contributed by atoms with Gasteiger partial charge in [-0.15, -0.1) is 12.4 Å². The van der Waals surface area contributed by atoms with Crippen molar-refractivity contribution in [1.29, 1.82) is 0 Å². The summed E-state index contributed by atoms with van der Waals surface area (Å²) in [5.41, 5.74) is 9.81. The summed E-state index contributed by atoms with van der Waals surface area (Å²) in [5, 5.41) is 5.03. The van der Waals surface area contributed by atoms with E-state index in [4.69, 9.17) is 5.73 Å². The van der Waals surface area contributed by atoms with Crippen LogP contribution >= 0.6 is 89.6 Å². The first-order chi connectivity index (χ1) is 26.1. The summed E-state index contributed by atoms with van der Waals surface area (Å²) in [5.74, 6) is -1.98. The molecule has 3 aromatic rings. The molecule has 2 atom stereocenters. The molecule has 2 saturated heterocycles. The maximum absolute atomic E-state index is 12.3. The zero-order valence-electron chi connectivity index (χ0n) is 30.5. The van der Waals surface area contributed by atoms with Crippen molar-refractivity contribution in [3.8, 4) is 0 Å². The molecular formula is C36H39Br4ClN4O9S3. The number of methoxy groups -OCH3 is 2. The summed E-state index contributed by atoms with van der Waals surface area (Å²) in [4.78, 5) is 80.2. The molecule has 3 aromatic carbocycles. The lowest BCUT2D eigenvalue weighted by atomic mass is 10.0. The fourth-order valence-electron chi connectivity index (χ4n) is 5.19. The highest BCUT2D eigenvalue weighted by Gasteiger charge is 2.39.